The van der Waals surface area contributed by atoms with E-state index in [-0.39, 0.29) is 45.6 Å². The third-order valence-electron chi connectivity index (χ3n) is 11.1. The summed E-state index contributed by atoms with van der Waals surface area (Å²) in [4.78, 5) is 39.9. The van der Waals surface area contributed by atoms with Gasteiger partial charge in [-0.1, -0.05) is 37.2 Å². The molecule has 1 saturated heterocycles. The number of ether oxygens (including phenoxy) is 2. The summed E-state index contributed by atoms with van der Waals surface area (Å²) in [6.45, 7) is 5.23. The molecule has 1 aliphatic carbocycles. The number of alkyl halides is 3. The number of aliphatic hydroxyl groups excluding tert-OH is 4. The minimum absolute atomic E-state index is 0.103. The van der Waals surface area contributed by atoms with Crippen LogP contribution in [0.2, 0.25) is 6.82 Å². The van der Waals surface area contributed by atoms with E-state index in [0.717, 1.165) is 23.2 Å². The summed E-state index contributed by atoms with van der Waals surface area (Å²) in [5, 5.41) is 47.1. The van der Waals surface area contributed by atoms with E-state index in [1.165, 1.54) is 12.1 Å². The number of rotatable bonds is 14. The summed E-state index contributed by atoms with van der Waals surface area (Å²) >= 11 is 0. The maximum absolute atomic E-state index is 13.7. The molecule has 0 aromatic heterocycles. The number of aliphatic hydroxyl groups is 4. The Kier molecular flexibility index (Phi) is 14.4. The van der Waals surface area contributed by atoms with Gasteiger partial charge in [0.2, 0.25) is 11.8 Å². The SMILES string of the molecule is CB1OC(C)(C)c2ccc(CC(=O)[C@@H](Cc3ccc(C(F)(F)F)cc3)NC(=O)[C@@H](N)CCC(=O)NCC3OC(OC4C(N)CC(N)C(O)C4O)C(N)C(O)C3O)cc21. The summed E-state index contributed by atoms with van der Waals surface area (Å²) in [7, 11) is 0. The number of fused-ring (bicyclic) bond motifs is 1. The molecule has 14 N–H and O–H groups in total. The lowest BCUT2D eigenvalue weighted by Crippen LogP contribution is -2.67. The molecule has 1 saturated carbocycles. The Bertz CT molecular complexity index is 1780. The van der Waals surface area contributed by atoms with Crippen molar-refractivity contribution in [1.82, 2.24) is 10.6 Å². The first-order valence-electron chi connectivity index (χ1n) is 19.2. The maximum Gasteiger partial charge on any atom is 0.416 e. The van der Waals surface area contributed by atoms with E-state index in [1.54, 1.807) is 6.07 Å². The quantitative estimate of drug-likeness (QED) is 0.0906. The van der Waals surface area contributed by atoms with Crippen LogP contribution in [0, 0.1) is 0 Å². The minimum atomic E-state index is -4.56. The highest BCUT2D eigenvalue weighted by molar-refractivity contribution is 6.67. The Balaban J connectivity index is 1.18. The first kappa shape index (κ1) is 45.5. The molecule has 58 heavy (non-hydrogen) atoms. The van der Waals surface area contributed by atoms with Crippen molar-refractivity contribution in [3.8, 4) is 0 Å². The van der Waals surface area contributed by atoms with Gasteiger partial charge in [-0.25, -0.2) is 0 Å². The van der Waals surface area contributed by atoms with Crippen LogP contribution in [0.3, 0.4) is 0 Å². The number of nitrogens with two attached hydrogens (primary N) is 4. The summed E-state index contributed by atoms with van der Waals surface area (Å²) in [6.07, 6.45) is -15.0. The molecule has 2 fully saturated rings. The number of nitrogens with one attached hydrogen (secondary N) is 2. The average molecular weight is 823 g/mol. The normalized spacial score (nSPS) is 30.6. The first-order valence-corrected chi connectivity index (χ1v) is 19.2. The van der Waals surface area contributed by atoms with Crippen LogP contribution in [0.4, 0.5) is 13.2 Å². The molecular weight excluding hydrogens is 768 g/mol. The minimum Gasteiger partial charge on any atom is -0.422 e. The maximum atomic E-state index is 13.7. The van der Waals surface area contributed by atoms with Gasteiger partial charge in [-0.05, 0) is 67.4 Å². The largest absolute Gasteiger partial charge is 0.422 e. The van der Waals surface area contributed by atoms with E-state index in [1.807, 2.05) is 32.8 Å². The molecule has 3 aliphatic rings. The topological polar surface area (TPSA) is 288 Å². The zero-order chi connectivity index (χ0) is 42.9. The van der Waals surface area contributed by atoms with Crippen LogP contribution in [0.5, 0.6) is 0 Å². The van der Waals surface area contributed by atoms with E-state index in [9.17, 15) is 48.0 Å². The van der Waals surface area contributed by atoms with E-state index in [0.29, 0.717) is 11.1 Å². The van der Waals surface area contributed by atoms with E-state index in [2.05, 4.69) is 10.6 Å². The molecule has 16 nitrogen and oxygen atoms in total. The summed E-state index contributed by atoms with van der Waals surface area (Å²) in [5.41, 5.74) is 25.6. The van der Waals surface area contributed by atoms with Gasteiger partial charge in [0.25, 0.3) is 0 Å². The molecule has 2 aromatic carbocycles. The van der Waals surface area contributed by atoms with Gasteiger partial charge in [-0.3, -0.25) is 14.4 Å². The fourth-order valence-corrected chi connectivity index (χ4v) is 7.68. The second-order valence-electron chi connectivity index (χ2n) is 16.0. The number of ketones is 1. The van der Waals surface area contributed by atoms with Crippen molar-refractivity contribution in [3.63, 3.8) is 0 Å². The second kappa shape index (κ2) is 18.4. The molecule has 320 valence electrons. The molecule has 2 amide bonds. The molecule has 0 radical (unpaired) electrons. The van der Waals surface area contributed by atoms with Crippen molar-refractivity contribution in [2.75, 3.05) is 6.54 Å². The van der Waals surface area contributed by atoms with Crippen LogP contribution in [0.25, 0.3) is 0 Å². The van der Waals surface area contributed by atoms with E-state index in [4.69, 9.17) is 37.1 Å². The van der Waals surface area contributed by atoms with Gasteiger partial charge >= 0.3 is 13.1 Å². The van der Waals surface area contributed by atoms with E-state index < -0.39 is 108 Å². The van der Waals surface area contributed by atoms with Crippen molar-refractivity contribution >= 4 is 30.0 Å². The number of amides is 2. The predicted octanol–water partition coefficient (Wildman–Crippen LogP) is -2.20. The highest BCUT2D eigenvalue weighted by Crippen LogP contribution is 2.32. The lowest BCUT2D eigenvalue weighted by molar-refractivity contribution is -0.288. The fraction of sp³-hybridized carbons (Fsp3) is 0.605. The van der Waals surface area contributed by atoms with Gasteiger partial charge in [0.05, 0.1) is 35.4 Å². The third kappa shape index (κ3) is 10.6. The Morgan fingerprint density at radius 2 is 1.62 bits per heavy atom. The molecule has 2 aromatic rings. The fourth-order valence-electron chi connectivity index (χ4n) is 7.68. The standard InChI is InChI=1S/C38H54BF3N6O10/c1-37(2)20-9-6-18(12-21(20)39(3)58-37)14-26(49)25(13-17-4-7-19(8-5-17)38(40,41)42)48-35(55)22(43)10-11-28(50)47-16-27-31(52)32(53)29(46)36(56-27)57-34-24(45)15-23(44)30(51)33(34)54/h4-9,12,22-25,27,29-34,36,51-54H,10-11,13-16,43-46H2,1-3H3,(H,47,50)(H,48,55)/t22-,23?,24?,25+,27?,29?,30?,31?,32?,33?,34?,36?/m0/s1. The monoisotopic (exact) mass is 822 g/mol. The zero-order valence-electron chi connectivity index (χ0n) is 32.5. The molecule has 5 rings (SSSR count). The van der Waals surface area contributed by atoms with Crippen molar-refractivity contribution in [1.29, 1.82) is 0 Å². The van der Waals surface area contributed by atoms with Gasteiger partial charge in [-0.2, -0.15) is 13.2 Å². The Morgan fingerprint density at radius 3 is 2.28 bits per heavy atom. The second-order valence-corrected chi connectivity index (χ2v) is 16.0. The molecule has 12 atom stereocenters. The molecule has 10 unspecified atom stereocenters. The van der Waals surface area contributed by atoms with Crippen LogP contribution in [-0.4, -0.2) is 125 Å². The number of hydrogen-bond acceptors (Lipinski definition) is 14. The van der Waals surface area contributed by atoms with Gasteiger partial charge in [0.1, 0.15) is 30.5 Å². The van der Waals surface area contributed by atoms with Crippen LogP contribution >= 0.6 is 0 Å². The average Bonchev–Trinajstić information content (AvgIpc) is 3.39. The summed E-state index contributed by atoms with van der Waals surface area (Å²) in [6, 6.07) is 4.43. The lowest BCUT2D eigenvalue weighted by Gasteiger charge is -2.45. The van der Waals surface area contributed by atoms with Crippen LogP contribution in [0.15, 0.2) is 42.5 Å². The highest BCUT2D eigenvalue weighted by atomic mass is 19.4. The molecular formula is C38H54BF3N6O10. The number of halogens is 3. The van der Waals surface area contributed by atoms with Crippen molar-refractivity contribution in [3.05, 3.63) is 64.7 Å². The highest BCUT2D eigenvalue weighted by Gasteiger charge is 2.48. The predicted molar refractivity (Wildman–Crippen MR) is 204 cm³/mol. The van der Waals surface area contributed by atoms with Gasteiger partial charge in [0, 0.05) is 31.5 Å². The number of Topliss-reactive ketones (excluding diaryl/α,β-unsaturated/α-hetero) is 1. The smallest absolute Gasteiger partial charge is 0.416 e. The van der Waals surface area contributed by atoms with Crippen LogP contribution in [-0.2, 0) is 53.1 Å². The molecule has 2 heterocycles. The van der Waals surface area contributed by atoms with Gasteiger partial charge in [-0.15, -0.1) is 0 Å². The number of benzene rings is 2. The third-order valence-corrected chi connectivity index (χ3v) is 11.1. The van der Waals surface area contributed by atoms with Gasteiger partial charge < -0.3 is 68.1 Å². The zero-order valence-corrected chi connectivity index (χ0v) is 32.5. The molecule has 2 aliphatic heterocycles. The van der Waals surface area contributed by atoms with Crippen molar-refractivity contribution < 1.29 is 62.1 Å². The first-order chi connectivity index (χ1) is 27.1. The number of carbonyl (C=O) groups excluding carboxylic acids is 3. The molecule has 0 spiro atoms. The van der Waals surface area contributed by atoms with Crippen LogP contribution < -0.4 is 39.0 Å². The molecule has 0 bridgehead atoms. The number of carbonyl (C=O) groups is 3. The Morgan fingerprint density at radius 1 is 0.966 bits per heavy atom. The Hall–Kier alpha value is -3.54. The number of hydrogen-bond donors (Lipinski definition) is 10. The van der Waals surface area contributed by atoms with Gasteiger partial charge in [0.15, 0.2) is 12.1 Å². The summed E-state index contributed by atoms with van der Waals surface area (Å²) in [5.74, 6) is -1.80. The van der Waals surface area contributed by atoms with Crippen molar-refractivity contribution in [2.24, 2.45) is 22.9 Å². The van der Waals surface area contributed by atoms with E-state index >= 15 is 0 Å². The summed E-state index contributed by atoms with van der Waals surface area (Å²) < 4.78 is 57.2. The Labute approximate surface area is 334 Å². The van der Waals surface area contributed by atoms with Crippen LogP contribution in [0.1, 0.15) is 55.4 Å². The molecule has 20 heteroatoms. The lowest BCUT2D eigenvalue weighted by atomic mass is 9.63. The van der Waals surface area contributed by atoms with Crippen molar-refractivity contribution in [2.45, 2.75) is 138 Å².